The second-order valence-electron chi connectivity index (χ2n) is 3.87. The number of ether oxygens (including phenoxy) is 1. The number of hydrogen-bond acceptors (Lipinski definition) is 4. The Labute approximate surface area is 104 Å². The van der Waals surface area contributed by atoms with Crippen LogP contribution in [-0.4, -0.2) is 40.0 Å². The van der Waals surface area contributed by atoms with Crippen molar-refractivity contribution in [3.05, 3.63) is 0 Å². The molecule has 0 amide bonds. The third-order valence-corrected chi connectivity index (χ3v) is 3.78. The summed E-state index contributed by atoms with van der Waals surface area (Å²) in [6.45, 7) is 2.96. The fourth-order valence-electron chi connectivity index (χ4n) is 1.30. The summed E-state index contributed by atoms with van der Waals surface area (Å²) >= 11 is 0. The van der Waals surface area contributed by atoms with E-state index in [0.29, 0.717) is 19.1 Å². The largest absolute Gasteiger partial charge is 0.381 e. The van der Waals surface area contributed by atoms with Crippen molar-refractivity contribution in [2.45, 2.75) is 25.8 Å². The minimum atomic E-state index is -3.21. The zero-order valence-electron chi connectivity index (χ0n) is 9.52. The van der Waals surface area contributed by atoms with E-state index >= 15 is 0 Å². The van der Waals surface area contributed by atoms with Crippen molar-refractivity contribution >= 4 is 22.4 Å². The molecule has 3 N–H and O–H groups in total. The fourth-order valence-corrected chi connectivity index (χ4v) is 2.23. The van der Waals surface area contributed by atoms with Crippen molar-refractivity contribution in [1.29, 1.82) is 0 Å². The molecule has 1 atom stereocenters. The zero-order valence-corrected chi connectivity index (χ0v) is 11.1. The molecule has 1 rings (SSSR count). The highest BCUT2D eigenvalue weighted by Crippen LogP contribution is 2.31. The molecule has 16 heavy (non-hydrogen) atoms. The Morgan fingerprint density at radius 1 is 1.50 bits per heavy atom. The molecule has 1 aliphatic carbocycles. The van der Waals surface area contributed by atoms with E-state index in [2.05, 4.69) is 4.72 Å². The summed E-state index contributed by atoms with van der Waals surface area (Å²) in [4.78, 5) is 0. The van der Waals surface area contributed by atoms with E-state index in [1.54, 1.807) is 0 Å². The lowest BCUT2D eigenvalue weighted by Crippen LogP contribution is -2.40. The summed E-state index contributed by atoms with van der Waals surface area (Å²) in [5.41, 5.74) is 5.78. The Morgan fingerprint density at radius 3 is 2.62 bits per heavy atom. The molecule has 0 spiro atoms. The van der Waals surface area contributed by atoms with Gasteiger partial charge in [0.25, 0.3) is 0 Å². The molecule has 98 valence electrons. The average molecular weight is 273 g/mol. The predicted molar refractivity (Wildman–Crippen MR) is 66.2 cm³/mol. The second-order valence-corrected chi connectivity index (χ2v) is 5.79. The van der Waals surface area contributed by atoms with E-state index in [1.807, 2.05) is 6.92 Å². The van der Waals surface area contributed by atoms with E-state index in [-0.39, 0.29) is 30.8 Å². The molecule has 0 aliphatic heterocycles. The molecule has 0 bridgehead atoms. The van der Waals surface area contributed by atoms with Crippen LogP contribution in [-0.2, 0) is 14.8 Å². The first-order valence-corrected chi connectivity index (χ1v) is 7.01. The molecular formula is C9H21ClN2O3S. The highest BCUT2D eigenvalue weighted by atomic mass is 35.5. The van der Waals surface area contributed by atoms with Gasteiger partial charge in [-0.05, 0) is 25.7 Å². The zero-order chi connectivity index (χ0) is 11.3. The molecule has 0 aromatic carbocycles. The van der Waals surface area contributed by atoms with Crippen molar-refractivity contribution in [2.75, 3.05) is 25.5 Å². The smallest absolute Gasteiger partial charge is 0.213 e. The lowest BCUT2D eigenvalue weighted by Gasteiger charge is -2.11. The number of nitrogens with two attached hydrogens (primary N) is 1. The Bertz CT molecular complexity index is 280. The van der Waals surface area contributed by atoms with Gasteiger partial charge in [-0.1, -0.05) is 0 Å². The monoisotopic (exact) mass is 272 g/mol. The molecule has 0 saturated heterocycles. The fraction of sp³-hybridized carbons (Fsp3) is 1.00. The summed E-state index contributed by atoms with van der Waals surface area (Å²) in [6.07, 6.45) is 2.25. The quantitative estimate of drug-likeness (QED) is 0.614. The van der Waals surface area contributed by atoms with E-state index in [4.69, 9.17) is 10.5 Å². The summed E-state index contributed by atoms with van der Waals surface area (Å²) in [7, 11) is -3.21. The first-order valence-electron chi connectivity index (χ1n) is 5.36. The van der Waals surface area contributed by atoms with Gasteiger partial charge in [-0.3, -0.25) is 0 Å². The molecule has 1 aliphatic rings. The summed E-state index contributed by atoms with van der Waals surface area (Å²) in [5, 5.41) is 0. The van der Waals surface area contributed by atoms with E-state index in [1.165, 1.54) is 0 Å². The molecule has 0 heterocycles. The van der Waals surface area contributed by atoms with Gasteiger partial charge >= 0.3 is 0 Å². The molecule has 5 nitrogen and oxygen atoms in total. The van der Waals surface area contributed by atoms with Gasteiger partial charge in [-0.25, -0.2) is 13.1 Å². The van der Waals surface area contributed by atoms with Gasteiger partial charge < -0.3 is 10.5 Å². The van der Waals surface area contributed by atoms with Crippen LogP contribution in [0.15, 0.2) is 0 Å². The normalized spacial score (nSPS) is 17.9. The van der Waals surface area contributed by atoms with E-state index < -0.39 is 10.0 Å². The van der Waals surface area contributed by atoms with Crippen LogP contribution in [0.25, 0.3) is 0 Å². The molecule has 0 aromatic rings. The van der Waals surface area contributed by atoms with Gasteiger partial charge in [0, 0.05) is 19.2 Å². The first-order chi connectivity index (χ1) is 7.05. The molecule has 0 aromatic heterocycles. The molecule has 7 heteroatoms. The highest BCUT2D eigenvalue weighted by molar-refractivity contribution is 7.89. The first kappa shape index (κ1) is 16.1. The van der Waals surface area contributed by atoms with Gasteiger partial charge in [0.2, 0.25) is 10.0 Å². The van der Waals surface area contributed by atoms with Gasteiger partial charge in [-0.15, -0.1) is 12.4 Å². The minimum Gasteiger partial charge on any atom is -0.381 e. The SMILES string of the molecule is CCOCCS(=O)(=O)NCC(N)C1CC1.Cl. The summed E-state index contributed by atoms with van der Waals surface area (Å²) < 4.78 is 30.3. The Morgan fingerprint density at radius 2 is 2.12 bits per heavy atom. The maximum atomic E-state index is 11.4. The molecule has 1 unspecified atom stereocenters. The third-order valence-electron chi connectivity index (χ3n) is 2.47. The number of rotatable bonds is 8. The van der Waals surface area contributed by atoms with Crippen molar-refractivity contribution in [3.63, 3.8) is 0 Å². The molecule has 1 fully saturated rings. The Kier molecular flexibility index (Phi) is 7.50. The van der Waals surface area contributed by atoms with Crippen LogP contribution in [0.2, 0.25) is 0 Å². The van der Waals surface area contributed by atoms with Gasteiger partial charge in [0.1, 0.15) is 0 Å². The van der Waals surface area contributed by atoms with Crippen LogP contribution >= 0.6 is 12.4 Å². The minimum absolute atomic E-state index is 0. The average Bonchev–Trinajstić information content (AvgIpc) is 2.98. The number of hydrogen-bond donors (Lipinski definition) is 2. The number of sulfonamides is 1. The van der Waals surface area contributed by atoms with Crippen LogP contribution in [0.3, 0.4) is 0 Å². The van der Waals surface area contributed by atoms with E-state index in [0.717, 1.165) is 12.8 Å². The maximum absolute atomic E-state index is 11.4. The Hall–Kier alpha value is 0.120. The van der Waals surface area contributed by atoms with Gasteiger partial charge in [-0.2, -0.15) is 0 Å². The summed E-state index contributed by atoms with van der Waals surface area (Å²) in [6, 6.07) is -0.0353. The van der Waals surface area contributed by atoms with Crippen molar-refractivity contribution in [2.24, 2.45) is 11.7 Å². The second kappa shape index (κ2) is 7.45. The van der Waals surface area contributed by atoms with Crippen LogP contribution in [0.1, 0.15) is 19.8 Å². The molecule has 0 radical (unpaired) electrons. The van der Waals surface area contributed by atoms with Crippen LogP contribution in [0.4, 0.5) is 0 Å². The number of halogens is 1. The van der Waals surface area contributed by atoms with Crippen LogP contribution in [0.5, 0.6) is 0 Å². The van der Waals surface area contributed by atoms with Crippen molar-refractivity contribution in [3.8, 4) is 0 Å². The Balaban J connectivity index is 0.00000225. The highest BCUT2D eigenvalue weighted by Gasteiger charge is 2.28. The van der Waals surface area contributed by atoms with Crippen molar-refractivity contribution < 1.29 is 13.2 Å². The molecule has 1 saturated carbocycles. The molecular weight excluding hydrogens is 252 g/mol. The number of nitrogens with one attached hydrogen (secondary N) is 1. The predicted octanol–water partition coefficient (Wildman–Crippen LogP) is 0.101. The lowest BCUT2D eigenvalue weighted by molar-refractivity contribution is 0.163. The van der Waals surface area contributed by atoms with Crippen LogP contribution in [0, 0.1) is 5.92 Å². The topological polar surface area (TPSA) is 81.4 Å². The maximum Gasteiger partial charge on any atom is 0.213 e. The third kappa shape index (κ3) is 6.65. The lowest BCUT2D eigenvalue weighted by atomic mass is 10.2. The standard InChI is InChI=1S/C9H20N2O3S.ClH/c1-2-14-5-6-15(12,13)11-7-9(10)8-3-4-8;/h8-9,11H,2-7,10H2,1H3;1H. The van der Waals surface area contributed by atoms with Gasteiger partial charge in [0.15, 0.2) is 0 Å². The van der Waals surface area contributed by atoms with Crippen molar-refractivity contribution in [1.82, 2.24) is 4.72 Å². The summed E-state index contributed by atoms with van der Waals surface area (Å²) in [5.74, 6) is 0.526. The van der Waals surface area contributed by atoms with Crippen LogP contribution < -0.4 is 10.5 Å². The van der Waals surface area contributed by atoms with Gasteiger partial charge in [0.05, 0.1) is 12.4 Å². The van der Waals surface area contributed by atoms with E-state index in [9.17, 15) is 8.42 Å².